The molecule has 1 heterocycles. The van der Waals surface area contributed by atoms with E-state index in [-0.39, 0.29) is 16.4 Å². The van der Waals surface area contributed by atoms with Crippen LogP contribution in [0.25, 0.3) is 5.57 Å². The zero-order chi connectivity index (χ0) is 13.6. The Labute approximate surface area is 107 Å². The Hall–Kier alpha value is -1.14. The number of hydrogen-bond acceptors (Lipinski definition) is 4. The molecule has 98 valence electrons. The second kappa shape index (κ2) is 4.20. The monoisotopic (exact) mass is 286 g/mol. The molecular weight excluding hydrogens is 272 g/mol. The Morgan fingerprint density at radius 1 is 1.22 bits per heavy atom. The second-order valence-corrected chi connectivity index (χ2v) is 8.48. The molecule has 0 fully saturated rings. The lowest BCUT2D eigenvalue weighted by atomic mass is 10.1. The zero-order valence-electron chi connectivity index (χ0n) is 10.2. The topological polar surface area (TPSA) is 68.3 Å². The van der Waals surface area contributed by atoms with Crippen molar-refractivity contribution in [2.75, 3.05) is 11.5 Å². The third-order valence-electron chi connectivity index (χ3n) is 2.90. The number of rotatable bonds is 3. The molecule has 0 aromatic heterocycles. The Bertz CT molecular complexity index is 725. The van der Waals surface area contributed by atoms with E-state index >= 15 is 0 Å². The first-order valence-corrected chi connectivity index (χ1v) is 8.89. The molecule has 0 N–H and O–H groups in total. The molecule has 0 radical (unpaired) electrons. The lowest BCUT2D eigenvalue weighted by Gasteiger charge is -2.05. The maximum atomic E-state index is 11.9. The lowest BCUT2D eigenvalue weighted by molar-refractivity contribution is 0.600. The fourth-order valence-corrected chi connectivity index (χ4v) is 4.49. The summed E-state index contributed by atoms with van der Waals surface area (Å²) in [6, 6.07) is 5.03. The molecule has 1 aromatic carbocycles. The van der Waals surface area contributed by atoms with Gasteiger partial charge in [-0.2, -0.15) is 0 Å². The van der Waals surface area contributed by atoms with Crippen molar-refractivity contribution in [1.29, 1.82) is 0 Å². The Morgan fingerprint density at radius 2 is 1.89 bits per heavy atom. The normalized spacial score (nSPS) is 17.3. The van der Waals surface area contributed by atoms with Crippen LogP contribution in [0, 0.1) is 6.92 Å². The van der Waals surface area contributed by atoms with Crippen molar-refractivity contribution in [3.8, 4) is 0 Å². The van der Waals surface area contributed by atoms with E-state index in [1.54, 1.807) is 32.0 Å². The third kappa shape index (κ3) is 2.35. The van der Waals surface area contributed by atoms with Crippen molar-refractivity contribution in [2.45, 2.75) is 18.7 Å². The summed E-state index contributed by atoms with van der Waals surface area (Å²) in [4.78, 5) is 0.212. The molecule has 0 spiro atoms. The number of sulfone groups is 2. The van der Waals surface area contributed by atoms with Gasteiger partial charge in [-0.25, -0.2) is 16.8 Å². The van der Waals surface area contributed by atoms with E-state index in [4.69, 9.17) is 0 Å². The second-order valence-electron chi connectivity index (χ2n) is 4.36. The highest BCUT2D eigenvalue weighted by Crippen LogP contribution is 2.34. The average Bonchev–Trinajstić information content (AvgIpc) is 2.50. The van der Waals surface area contributed by atoms with Crippen LogP contribution in [-0.4, -0.2) is 28.3 Å². The summed E-state index contributed by atoms with van der Waals surface area (Å²) >= 11 is 0. The molecule has 0 atom stereocenters. The van der Waals surface area contributed by atoms with Gasteiger partial charge in [-0.05, 0) is 29.7 Å². The van der Waals surface area contributed by atoms with Crippen LogP contribution < -0.4 is 0 Å². The molecular formula is C12H14O4S2. The summed E-state index contributed by atoms with van der Waals surface area (Å²) in [7, 11) is -6.72. The summed E-state index contributed by atoms with van der Waals surface area (Å²) in [6.07, 6.45) is 0. The summed E-state index contributed by atoms with van der Waals surface area (Å²) in [5, 5.41) is 1.07. The molecule has 1 aromatic rings. The Balaban J connectivity index is 2.56. The molecule has 0 bridgehead atoms. The average molecular weight is 286 g/mol. The number of aryl methyl sites for hydroxylation is 1. The van der Waals surface area contributed by atoms with Crippen LogP contribution in [0.4, 0.5) is 0 Å². The van der Waals surface area contributed by atoms with Crippen LogP contribution >= 0.6 is 0 Å². The fraction of sp³-hybridized carbons (Fsp3) is 0.333. The van der Waals surface area contributed by atoms with Gasteiger partial charge in [-0.15, -0.1) is 0 Å². The van der Waals surface area contributed by atoms with Crippen LogP contribution in [-0.2, 0) is 19.7 Å². The van der Waals surface area contributed by atoms with Crippen molar-refractivity contribution in [3.63, 3.8) is 0 Å². The molecule has 0 aliphatic carbocycles. The van der Waals surface area contributed by atoms with Gasteiger partial charge in [0.25, 0.3) is 0 Å². The van der Waals surface area contributed by atoms with Crippen molar-refractivity contribution in [3.05, 3.63) is 34.7 Å². The van der Waals surface area contributed by atoms with Crippen LogP contribution in [0.1, 0.15) is 18.1 Å². The minimum absolute atomic E-state index is 0.00554. The van der Waals surface area contributed by atoms with E-state index in [0.29, 0.717) is 11.1 Å². The van der Waals surface area contributed by atoms with E-state index in [1.807, 2.05) is 0 Å². The maximum Gasteiger partial charge on any atom is 0.200 e. The summed E-state index contributed by atoms with van der Waals surface area (Å²) < 4.78 is 47.1. The zero-order valence-corrected chi connectivity index (χ0v) is 11.8. The van der Waals surface area contributed by atoms with E-state index in [1.165, 1.54) is 0 Å². The van der Waals surface area contributed by atoms with Crippen LogP contribution in [0.3, 0.4) is 0 Å². The predicted octanol–water partition coefficient (Wildman–Crippen LogP) is 1.56. The smallest absolute Gasteiger partial charge is 0.200 e. The largest absolute Gasteiger partial charge is 0.229 e. The van der Waals surface area contributed by atoms with E-state index in [2.05, 4.69) is 0 Å². The highest BCUT2D eigenvalue weighted by atomic mass is 32.2. The predicted molar refractivity (Wildman–Crippen MR) is 70.7 cm³/mol. The Morgan fingerprint density at radius 3 is 2.50 bits per heavy atom. The van der Waals surface area contributed by atoms with E-state index in [0.717, 1.165) is 11.0 Å². The SMILES string of the molecule is CCS(=O)(=O)CC1=CS(=O)(=O)c2cc(C)ccc21. The van der Waals surface area contributed by atoms with E-state index in [9.17, 15) is 16.8 Å². The van der Waals surface area contributed by atoms with Gasteiger partial charge in [0.15, 0.2) is 9.84 Å². The van der Waals surface area contributed by atoms with Gasteiger partial charge in [-0.3, -0.25) is 0 Å². The first-order valence-electron chi connectivity index (χ1n) is 5.52. The van der Waals surface area contributed by atoms with Gasteiger partial charge >= 0.3 is 0 Å². The highest BCUT2D eigenvalue weighted by Gasteiger charge is 2.28. The molecule has 2 rings (SSSR count). The minimum atomic E-state index is -3.48. The third-order valence-corrected chi connectivity index (χ3v) is 6.08. The summed E-state index contributed by atoms with van der Waals surface area (Å²) in [6.45, 7) is 3.35. The Kier molecular flexibility index (Phi) is 3.11. The standard InChI is InChI=1S/C12H14O4S2/c1-3-17(13,14)7-10-8-18(15,16)12-6-9(2)4-5-11(10)12/h4-6,8H,3,7H2,1-2H3. The van der Waals surface area contributed by atoms with Crippen molar-refractivity contribution >= 4 is 25.2 Å². The molecule has 0 saturated heterocycles. The van der Waals surface area contributed by atoms with Crippen molar-refractivity contribution < 1.29 is 16.8 Å². The molecule has 18 heavy (non-hydrogen) atoms. The van der Waals surface area contributed by atoms with Gasteiger partial charge in [0.2, 0.25) is 9.84 Å². The van der Waals surface area contributed by atoms with Gasteiger partial charge < -0.3 is 0 Å². The summed E-state index contributed by atoms with van der Waals surface area (Å²) in [5.74, 6) is -0.218. The number of hydrogen-bond donors (Lipinski definition) is 0. The molecule has 6 heteroatoms. The van der Waals surface area contributed by atoms with Crippen LogP contribution in [0.15, 0.2) is 28.5 Å². The molecule has 0 amide bonds. The van der Waals surface area contributed by atoms with Gasteiger partial charge in [-0.1, -0.05) is 19.1 Å². The lowest BCUT2D eigenvalue weighted by Crippen LogP contribution is -2.09. The minimum Gasteiger partial charge on any atom is -0.229 e. The molecule has 4 nitrogen and oxygen atoms in total. The molecule has 1 aliphatic heterocycles. The fourth-order valence-electron chi connectivity index (χ4n) is 1.90. The van der Waals surface area contributed by atoms with Gasteiger partial charge in [0, 0.05) is 11.2 Å². The molecule has 0 unspecified atom stereocenters. The van der Waals surface area contributed by atoms with Crippen molar-refractivity contribution in [2.24, 2.45) is 0 Å². The quantitative estimate of drug-likeness (QED) is 0.845. The first-order chi connectivity index (χ1) is 8.25. The molecule has 0 saturated carbocycles. The van der Waals surface area contributed by atoms with Gasteiger partial charge in [0.05, 0.1) is 10.6 Å². The first kappa shape index (κ1) is 13.3. The highest BCUT2D eigenvalue weighted by molar-refractivity contribution is 7.95. The number of benzene rings is 1. The van der Waals surface area contributed by atoms with E-state index < -0.39 is 19.7 Å². The molecule has 1 aliphatic rings. The summed E-state index contributed by atoms with van der Waals surface area (Å²) in [5.41, 5.74) is 1.72. The van der Waals surface area contributed by atoms with Crippen LogP contribution in [0.5, 0.6) is 0 Å². The van der Waals surface area contributed by atoms with Crippen molar-refractivity contribution in [1.82, 2.24) is 0 Å². The maximum absolute atomic E-state index is 11.9. The van der Waals surface area contributed by atoms with Crippen LogP contribution in [0.2, 0.25) is 0 Å². The number of fused-ring (bicyclic) bond motifs is 1. The van der Waals surface area contributed by atoms with Gasteiger partial charge in [0.1, 0.15) is 0 Å².